The van der Waals surface area contributed by atoms with Gasteiger partial charge in [-0.15, -0.1) is 0 Å². The van der Waals surface area contributed by atoms with E-state index in [4.69, 9.17) is 11.6 Å². The SMILES string of the molecule is CCc1nc(Cl)c(C)c(NCC(C)(C)CN(C)C)n1. The van der Waals surface area contributed by atoms with Gasteiger partial charge in [0.1, 0.15) is 16.8 Å². The predicted molar refractivity (Wildman–Crippen MR) is 82.0 cm³/mol. The van der Waals surface area contributed by atoms with Crippen LogP contribution in [-0.4, -0.2) is 42.1 Å². The Bertz CT molecular complexity index is 430. The molecule has 0 saturated heterocycles. The van der Waals surface area contributed by atoms with Gasteiger partial charge in [0.15, 0.2) is 0 Å². The summed E-state index contributed by atoms with van der Waals surface area (Å²) in [4.78, 5) is 11.0. The number of hydrogen-bond donors (Lipinski definition) is 1. The highest BCUT2D eigenvalue weighted by atomic mass is 35.5. The summed E-state index contributed by atoms with van der Waals surface area (Å²) in [5, 5.41) is 3.95. The highest BCUT2D eigenvalue weighted by molar-refractivity contribution is 6.30. The molecule has 5 heteroatoms. The molecule has 1 rings (SSSR count). The Morgan fingerprint density at radius 3 is 2.42 bits per heavy atom. The number of nitrogens with zero attached hydrogens (tertiary/aromatic N) is 3. The van der Waals surface area contributed by atoms with E-state index in [1.54, 1.807) is 0 Å². The molecule has 0 aliphatic heterocycles. The summed E-state index contributed by atoms with van der Waals surface area (Å²) >= 11 is 6.13. The van der Waals surface area contributed by atoms with Gasteiger partial charge in [0.05, 0.1) is 0 Å². The van der Waals surface area contributed by atoms with E-state index in [0.717, 1.165) is 36.7 Å². The third-order valence-electron chi connectivity index (χ3n) is 2.93. The zero-order chi connectivity index (χ0) is 14.6. The summed E-state index contributed by atoms with van der Waals surface area (Å²) in [5.41, 5.74) is 1.08. The minimum Gasteiger partial charge on any atom is -0.369 e. The first-order chi connectivity index (χ1) is 8.75. The Kier molecular flexibility index (Phi) is 5.56. The fourth-order valence-electron chi connectivity index (χ4n) is 2.10. The van der Waals surface area contributed by atoms with Gasteiger partial charge in [0.25, 0.3) is 0 Å². The molecule has 0 spiro atoms. The summed E-state index contributed by atoms with van der Waals surface area (Å²) in [6.45, 7) is 10.3. The van der Waals surface area contributed by atoms with Crippen LogP contribution in [0.15, 0.2) is 0 Å². The smallest absolute Gasteiger partial charge is 0.137 e. The predicted octanol–water partition coefficient (Wildman–Crippen LogP) is 3.00. The fourth-order valence-corrected chi connectivity index (χ4v) is 2.29. The van der Waals surface area contributed by atoms with Crippen molar-refractivity contribution >= 4 is 17.4 Å². The normalized spacial score (nSPS) is 12.0. The van der Waals surface area contributed by atoms with Gasteiger partial charge in [-0.1, -0.05) is 32.4 Å². The Morgan fingerprint density at radius 1 is 1.26 bits per heavy atom. The van der Waals surface area contributed by atoms with Gasteiger partial charge >= 0.3 is 0 Å². The molecule has 108 valence electrons. The third kappa shape index (κ3) is 4.96. The van der Waals surface area contributed by atoms with Crippen LogP contribution in [0.2, 0.25) is 5.15 Å². The van der Waals surface area contributed by atoms with Gasteiger partial charge in [-0.3, -0.25) is 0 Å². The van der Waals surface area contributed by atoms with Crippen molar-refractivity contribution in [2.75, 3.05) is 32.5 Å². The first-order valence-corrected chi connectivity index (χ1v) is 7.04. The van der Waals surface area contributed by atoms with Gasteiger partial charge in [0.2, 0.25) is 0 Å². The van der Waals surface area contributed by atoms with Crippen molar-refractivity contribution in [3.8, 4) is 0 Å². The lowest BCUT2D eigenvalue weighted by atomic mass is 9.93. The Labute approximate surface area is 121 Å². The van der Waals surface area contributed by atoms with E-state index in [9.17, 15) is 0 Å². The van der Waals surface area contributed by atoms with E-state index in [2.05, 4.69) is 48.1 Å². The van der Waals surface area contributed by atoms with Crippen LogP contribution in [0.25, 0.3) is 0 Å². The number of anilines is 1. The van der Waals surface area contributed by atoms with Crippen molar-refractivity contribution in [3.05, 3.63) is 16.5 Å². The van der Waals surface area contributed by atoms with Gasteiger partial charge < -0.3 is 10.2 Å². The number of hydrogen-bond acceptors (Lipinski definition) is 4. The molecule has 4 nitrogen and oxygen atoms in total. The van der Waals surface area contributed by atoms with Crippen LogP contribution < -0.4 is 5.32 Å². The molecular formula is C14H25ClN4. The molecule has 0 aliphatic carbocycles. The molecular weight excluding hydrogens is 260 g/mol. The number of rotatable bonds is 6. The van der Waals surface area contributed by atoms with E-state index in [1.807, 2.05) is 13.8 Å². The van der Waals surface area contributed by atoms with Crippen LogP contribution in [0.3, 0.4) is 0 Å². The maximum atomic E-state index is 6.13. The van der Waals surface area contributed by atoms with E-state index in [-0.39, 0.29) is 5.41 Å². The molecule has 0 unspecified atom stereocenters. The second-order valence-electron chi connectivity index (χ2n) is 6.01. The lowest BCUT2D eigenvalue weighted by Gasteiger charge is -2.29. The Balaban J connectivity index is 2.80. The van der Waals surface area contributed by atoms with Gasteiger partial charge in [-0.25, -0.2) is 9.97 Å². The van der Waals surface area contributed by atoms with Gasteiger partial charge in [-0.2, -0.15) is 0 Å². The standard InChI is InChI=1S/C14H25ClN4/c1-7-11-17-12(15)10(2)13(18-11)16-8-14(3,4)9-19(5)6/h7-9H2,1-6H3,(H,16,17,18). The fraction of sp³-hybridized carbons (Fsp3) is 0.714. The lowest BCUT2D eigenvalue weighted by molar-refractivity contribution is 0.254. The third-order valence-corrected chi connectivity index (χ3v) is 3.30. The monoisotopic (exact) mass is 284 g/mol. The van der Waals surface area contributed by atoms with Gasteiger partial charge in [0, 0.05) is 25.1 Å². The van der Waals surface area contributed by atoms with Crippen LogP contribution >= 0.6 is 11.6 Å². The maximum Gasteiger partial charge on any atom is 0.137 e. The molecule has 0 amide bonds. The second kappa shape index (κ2) is 6.53. The molecule has 0 aromatic carbocycles. The molecule has 0 fully saturated rings. The maximum absolute atomic E-state index is 6.13. The number of halogens is 1. The molecule has 1 heterocycles. The van der Waals surface area contributed by atoms with Crippen molar-refractivity contribution in [2.45, 2.75) is 34.1 Å². The van der Waals surface area contributed by atoms with Crippen molar-refractivity contribution in [1.29, 1.82) is 0 Å². The number of nitrogens with one attached hydrogen (secondary N) is 1. The quantitative estimate of drug-likeness (QED) is 0.816. The lowest BCUT2D eigenvalue weighted by Crippen LogP contribution is -2.34. The van der Waals surface area contributed by atoms with Crippen LogP contribution in [0.4, 0.5) is 5.82 Å². The van der Waals surface area contributed by atoms with Crippen LogP contribution in [0, 0.1) is 12.3 Å². The zero-order valence-corrected chi connectivity index (χ0v) is 13.6. The molecule has 0 radical (unpaired) electrons. The van der Waals surface area contributed by atoms with Crippen molar-refractivity contribution in [3.63, 3.8) is 0 Å². The average Bonchev–Trinajstić information content (AvgIpc) is 2.29. The first kappa shape index (κ1) is 16.2. The highest BCUT2D eigenvalue weighted by Gasteiger charge is 2.19. The van der Waals surface area contributed by atoms with Crippen molar-refractivity contribution < 1.29 is 0 Å². The van der Waals surface area contributed by atoms with Crippen molar-refractivity contribution in [1.82, 2.24) is 14.9 Å². The highest BCUT2D eigenvalue weighted by Crippen LogP contribution is 2.22. The van der Waals surface area contributed by atoms with Crippen LogP contribution in [-0.2, 0) is 6.42 Å². The molecule has 0 atom stereocenters. The largest absolute Gasteiger partial charge is 0.369 e. The first-order valence-electron chi connectivity index (χ1n) is 6.67. The minimum atomic E-state index is 0.166. The summed E-state index contributed by atoms with van der Waals surface area (Å²) in [6, 6.07) is 0. The number of aryl methyl sites for hydroxylation is 1. The molecule has 1 aromatic rings. The van der Waals surface area contributed by atoms with Crippen LogP contribution in [0.1, 0.15) is 32.2 Å². The van der Waals surface area contributed by atoms with E-state index in [0.29, 0.717) is 5.15 Å². The van der Waals surface area contributed by atoms with E-state index in [1.165, 1.54) is 0 Å². The number of aromatic nitrogens is 2. The summed E-state index contributed by atoms with van der Waals surface area (Å²) in [6.07, 6.45) is 0.787. The Hall–Kier alpha value is -0.870. The summed E-state index contributed by atoms with van der Waals surface area (Å²) in [5.74, 6) is 1.63. The average molecular weight is 285 g/mol. The molecule has 0 bridgehead atoms. The summed E-state index contributed by atoms with van der Waals surface area (Å²) < 4.78 is 0. The molecule has 1 N–H and O–H groups in total. The van der Waals surface area contributed by atoms with Crippen molar-refractivity contribution in [2.24, 2.45) is 5.41 Å². The Morgan fingerprint density at radius 2 is 1.89 bits per heavy atom. The second-order valence-corrected chi connectivity index (χ2v) is 6.37. The van der Waals surface area contributed by atoms with Gasteiger partial charge in [-0.05, 0) is 26.4 Å². The van der Waals surface area contributed by atoms with E-state index >= 15 is 0 Å². The minimum absolute atomic E-state index is 0.166. The molecule has 19 heavy (non-hydrogen) atoms. The van der Waals surface area contributed by atoms with Crippen LogP contribution in [0.5, 0.6) is 0 Å². The van der Waals surface area contributed by atoms with E-state index < -0.39 is 0 Å². The molecule has 0 aliphatic rings. The topological polar surface area (TPSA) is 41.1 Å². The summed E-state index contributed by atoms with van der Waals surface area (Å²) in [7, 11) is 4.17. The molecule has 0 saturated carbocycles. The molecule has 1 aromatic heterocycles. The zero-order valence-electron chi connectivity index (χ0n) is 12.8.